The number of nitrogens with zero attached hydrogens (tertiary/aromatic N) is 2. The lowest BCUT2D eigenvalue weighted by Crippen LogP contribution is -2.36. The third kappa shape index (κ3) is 4.29. The highest BCUT2D eigenvalue weighted by Gasteiger charge is 2.36. The third-order valence-corrected chi connectivity index (χ3v) is 5.57. The van der Waals surface area contributed by atoms with Crippen molar-refractivity contribution in [1.82, 2.24) is 4.90 Å². The number of halogens is 1. The summed E-state index contributed by atoms with van der Waals surface area (Å²) in [6, 6.07) is 21.6. The van der Waals surface area contributed by atoms with Crippen LogP contribution in [0, 0.1) is 11.3 Å². The standard InChI is InChI=1S/C23H28N2.ClH/c1-2-20-11-7-8-14-22(20)23(19-24,21-12-5-3-6-13-21)15-18-25-16-9-4-10-17-25;/h3,5-8,11-14H,2,4,9-10,15-18H2,1H3;1H. The molecule has 1 aliphatic heterocycles. The quantitative estimate of drug-likeness (QED) is 0.686. The average Bonchev–Trinajstić information content (AvgIpc) is 2.71. The van der Waals surface area contributed by atoms with Crippen LogP contribution in [0.4, 0.5) is 0 Å². The highest BCUT2D eigenvalue weighted by atomic mass is 35.5. The van der Waals surface area contributed by atoms with E-state index in [2.05, 4.69) is 66.4 Å². The molecule has 1 atom stereocenters. The van der Waals surface area contributed by atoms with Crippen molar-refractivity contribution < 1.29 is 0 Å². The lowest BCUT2D eigenvalue weighted by atomic mass is 9.71. The van der Waals surface area contributed by atoms with Gasteiger partial charge in [0.25, 0.3) is 0 Å². The molecule has 0 amide bonds. The summed E-state index contributed by atoms with van der Waals surface area (Å²) in [5, 5.41) is 10.4. The minimum Gasteiger partial charge on any atom is -0.303 e. The molecule has 1 heterocycles. The van der Waals surface area contributed by atoms with E-state index in [1.54, 1.807) is 0 Å². The number of likely N-dealkylation sites (tertiary alicyclic amines) is 1. The molecule has 1 unspecified atom stereocenters. The Morgan fingerprint density at radius 3 is 2.27 bits per heavy atom. The van der Waals surface area contributed by atoms with Gasteiger partial charge in [-0.15, -0.1) is 12.4 Å². The number of rotatable bonds is 6. The van der Waals surface area contributed by atoms with E-state index in [-0.39, 0.29) is 12.4 Å². The molecule has 0 saturated carbocycles. The molecule has 0 spiro atoms. The van der Waals surface area contributed by atoms with Gasteiger partial charge in [0.1, 0.15) is 5.41 Å². The predicted octanol–water partition coefficient (Wildman–Crippen LogP) is 5.36. The van der Waals surface area contributed by atoms with Crippen LogP contribution >= 0.6 is 12.4 Å². The lowest BCUT2D eigenvalue weighted by Gasteiger charge is -2.34. The van der Waals surface area contributed by atoms with E-state index in [4.69, 9.17) is 0 Å². The van der Waals surface area contributed by atoms with Crippen LogP contribution in [0.15, 0.2) is 54.6 Å². The van der Waals surface area contributed by atoms with Gasteiger partial charge < -0.3 is 4.90 Å². The van der Waals surface area contributed by atoms with Crippen LogP contribution < -0.4 is 0 Å². The zero-order chi connectivity index (χ0) is 17.5. The van der Waals surface area contributed by atoms with Crippen molar-refractivity contribution >= 4 is 12.4 Å². The van der Waals surface area contributed by atoms with Crippen LogP contribution in [0.1, 0.15) is 49.3 Å². The lowest BCUT2D eigenvalue weighted by molar-refractivity contribution is 0.218. The fourth-order valence-corrected chi connectivity index (χ4v) is 4.09. The normalized spacial score (nSPS) is 16.9. The molecule has 0 bridgehead atoms. The molecule has 0 radical (unpaired) electrons. The Hall–Kier alpha value is -1.82. The van der Waals surface area contributed by atoms with Gasteiger partial charge >= 0.3 is 0 Å². The van der Waals surface area contributed by atoms with Gasteiger partial charge in [0.15, 0.2) is 0 Å². The molecule has 2 aromatic carbocycles. The van der Waals surface area contributed by atoms with Crippen molar-refractivity contribution in [2.24, 2.45) is 0 Å². The Morgan fingerprint density at radius 2 is 1.62 bits per heavy atom. The van der Waals surface area contributed by atoms with Crippen molar-refractivity contribution in [3.05, 3.63) is 71.3 Å². The molecule has 1 fully saturated rings. The first-order valence-electron chi connectivity index (χ1n) is 9.57. The molecule has 0 aliphatic carbocycles. The highest BCUT2D eigenvalue weighted by Crippen LogP contribution is 2.37. The van der Waals surface area contributed by atoms with Crippen LogP contribution in [-0.2, 0) is 11.8 Å². The smallest absolute Gasteiger partial charge is 0.109 e. The van der Waals surface area contributed by atoms with E-state index in [0.717, 1.165) is 24.9 Å². The molecule has 0 N–H and O–H groups in total. The maximum atomic E-state index is 10.4. The molecule has 1 saturated heterocycles. The zero-order valence-electron chi connectivity index (χ0n) is 15.7. The van der Waals surface area contributed by atoms with Gasteiger partial charge in [-0.1, -0.05) is 67.9 Å². The number of piperidine rings is 1. The van der Waals surface area contributed by atoms with Gasteiger partial charge in [-0.05, 0) is 55.5 Å². The maximum absolute atomic E-state index is 10.4. The fraction of sp³-hybridized carbons (Fsp3) is 0.435. The number of hydrogen-bond acceptors (Lipinski definition) is 2. The molecule has 3 heteroatoms. The third-order valence-electron chi connectivity index (χ3n) is 5.57. The number of hydrogen-bond donors (Lipinski definition) is 0. The topological polar surface area (TPSA) is 27.0 Å². The van der Waals surface area contributed by atoms with Crippen molar-refractivity contribution in [2.45, 2.75) is 44.4 Å². The second-order valence-corrected chi connectivity index (χ2v) is 7.05. The van der Waals surface area contributed by atoms with Crippen LogP contribution in [0.3, 0.4) is 0 Å². The Kier molecular flexibility index (Phi) is 7.69. The van der Waals surface area contributed by atoms with Crippen molar-refractivity contribution in [3.63, 3.8) is 0 Å². The van der Waals surface area contributed by atoms with Crippen molar-refractivity contribution in [2.75, 3.05) is 19.6 Å². The maximum Gasteiger partial charge on any atom is 0.109 e. The van der Waals surface area contributed by atoms with E-state index in [0.29, 0.717) is 0 Å². The van der Waals surface area contributed by atoms with Crippen molar-refractivity contribution in [1.29, 1.82) is 5.26 Å². The first-order valence-corrected chi connectivity index (χ1v) is 9.57. The van der Waals surface area contributed by atoms with E-state index >= 15 is 0 Å². The summed E-state index contributed by atoms with van der Waals surface area (Å²) < 4.78 is 0. The summed E-state index contributed by atoms with van der Waals surface area (Å²) in [6.45, 7) is 5.51. The Balaban J connectivity index is 0.00000243. The predicted molar refractivity (Wildman–Crippen MR) is 111 cm³/mol. The average molecular weight is 369 g/mol. The second-order valence-electron chi connectivity index (χ2n) is 7.05. The van der Waals surface area contributed by atoms with Gasteiger partial charge in [0.2, 0.25) is 0 Å². The minimum atomic E-state index is -0.564. The summed E-state index contributed by atoms with van der Waals surface area (Å²) in [5.74, 6) is 0. The van der Waals surface area contributed by atoms with E-state index < -0.39 is 5.41 Å². The molecule has 2 aromatic rings. The summed E-state index contributed by atoms with van der Waals surface area (Å²) >= 11 is 0. The molecule has 138 valence electrons. The van der Waals surface area contributed by atoms with Crippen LogP contribution in [0.2, 0.25) is 0 Å². The zero-order valence-corrected chi connectivity index (χ0v) is 16.5. The van der Waals surface area contributed by atoms with Crippen molar-refractivity contribution in [3.8, 4) is 6.07 Å². The summed E-state index contributed by atoms with van der Waals surface area (Å²) in [5.41, 5.74) is 3.02. The summed E-state index contributed by atoms with van der Waals surface area (Å²) in [6.07, 6.45) is 5.73. The van der Waals surface area contributed by atoms with Gasteiger partial charge in [-0.3, -0.25) is 0 Å². The Morgan fingerprint density at radius 1 is 0.962 bits per heavy atom. The number of aryl methyl sites for hydroxylation is 1. The Labute approximate surface area is 164 Å². The summed E-state index contributed by atoms with van der Waals surface area (Å²) in [4.78, 5) is 2.53. The molecule has 26 heavy (non-hydrogen) atoms. The largest absolute Gasteiger partial charge is 0.303 e. The fourth-order valence-electron chi connectivity index (χ4n) is 4.09. The Bertz CT molecular complexity index is 716. The highest BCUT2D eigenvalue weighted by molar-refractivity contribution is 5.85. The molecular weight excluding hydrogens is 340 g/mol. The van der Waals surface area contributed by atoms with E-state index in [1.165, 1.54) is 43.5 Å². The molecule has 1 aliphatic rings. The van der Waals surface area contributed by atoms with E-state index in [1.807, 2.05) is 6.07 Å². The first-order chi connectivity index (χ1) is 12.3. The first kappa shape index (κ1) is 20.5. The molecule has 3 rings (SSSR count). The van der Waals surface area contributed by atoms with E-state index in [9.17, 15) is 5.26 Å². The number of benzene rings is 2. The van der Waals surface area contributed by atoms with Crippen LogP contribution in [0.5, 0.6) is 0 Å². The monoisotopic (exact) mass is 368 g/mol. The molecular formula is C23H29ClN2. The van der Waals surface area contributed by atoms with Gasteiger partial charge in [-0.2, -0.15) is 5.26 Å². The van der Waals surface area contributed by atoms with Gasteiger partial charge in [-0.25, -0.2) is 0 Å². The molecule has 2 nitrogen and oxygen atoms in total. The SMILES string of the molecule is CCc1ccccc1C(C#N)(CCN1CCCCC1)c1ccccc1.Cl. The second kappa shape index (κ2) is 9.76. The van der Waals surface area contributed by atoms with Gasteiger partial charge in [0, 0.05) is 6.54 Å². The van der Waals surface area contributed by atoms with Crippen LogP contribution in [0.25, 0.3) is 0 Å². The molecule has 0 aromatic heterocycles. The summed E-state index contributed by atoms with van der Waals surface area (Å²) in [7, 11) is 0. The minimum absolute atomic E-state index is 0. The van der Waals surface area contributed by atoms with Crippen LogP contribution in [-0.4, -0.2) is 24.5 Å². The van der Waals surface area contributed by atoms with Gasteiger partial charge in [0.05, 0.1) is 6.07 Å². The number of nitriles is 1.